The molecule has 1 aromatic heterocycles. The Balaban J connectivity index is 2.39. The van der Waals surface area contributed by atoms with Crippen molar-refractivity contribution in [3.8, 4) is 0 Å². The summed E-state index contributed by atoms with van der Waals surface area (Å²) in [7, 11) is 0. The number of hydrogen-bond donors (Lipinski definition) is 1. The zero-order chi connectivity index (χ0) is 13.8. The maximum atomic E-state index is 6.33. The number of nitrogens with zero attached hydrogens (tertiary/aromatic N) is 2. The number of hydrogen-bond acceptors (Lipinski definition) is 4. The highest BCUT2D eigenvalue weighted by atomic mass is 32.1. The van der Waals surface area contributed by atoms with Gasteiger partial charge in [0, 0.05) is 12.6 Å². The summed E-state index contributed by atoms with van der Waals surface area (Å²) in [4.78, 5) is 6.82. The molecule has 2 N–H and O–H groups in total. The van der Waals surface area contributed by atoms with E-state index in [-0.39, 0.29) is 0 Å². The number of benzene rings is 1. The van der Waals surface area contributed by atoms with Crippen molar-refractivity contribution in [3.05, 3.63) is 17.6 Å². The molecule has 0 aliphatic heterocycles. The van der Waals surface area contributed by atoms with E-state index in [1.807, 2.05) is 5.51 Å². The Morgan fingerprint density at radius 2 is 2.16 bits per heavy atom. The summed E-state index contributed by atoms with van der Waals surface area (Å²) in [6.07, 6.45) is 3.52. The van der Waals surface area contributed by atoms with Crippen LogP contribution >= 0.6 is 11.3 Å². The van der Waals surface area contributed by atoms with E-state index >= 15 is 0 Å². The Labute approximate surface area is 119 Å². The van der Waals surface area contributed by atoms with E-state index in [1.165, 1.54) is 17.5 Å². The van der Waals surface area contributed by atoms with Crippen LogP contribution in [0.2, 0.25) is 0 Å². The number of thiazole rings is 1. The maximum absolute atomic E-state index is 6.33. The van der Waals surface area contributed by atoms with Crippen LogP contribution in [-0.2, 0) is 0 Å². The highest BCUT2D eigenvalue weighted by molar-refractivity contribution is 7.16. The van der Waals surface area contributed by atoms with Crippen molar-refractivity contribution in [1.29, 1.82) is 0 Å². The van der Waals surface area contributed by atoms with Crippen molar-refractivity contribution in [2.45, 2.75) is 46.1 Å². The lowest BCUT2D eigenvalue weighted by atomic mass is 10.1. The largest absolute Gasteiger partial charge is 0.395 e. The molecule has 0 fully saturated rings. The fourth-order valence-electron chi connectivity index (χ4n) is 2.32. The molecule has 0 radical (unpaired) electrons. The van der Waals surface area contributed by atoms with Crippen LogP contribution in [0.1, 0.15) is 40.0 Å². The molecule has 104 valence electrons. The summed E-state index contributed by atoms with van der Waals surface area (Å²) in [6.45, 7) is 7.77. The minimum absolute atomic E-state index is 0.505. The van der Waals surface area contributed by atoms with Gasteiger partial charge in [-0.2, -0.15) is 0 Å². The fraction of sp³-hybridized carbons (Fsp3) is 0.533. The Bertz CT molecular complexity index is 535. The molecule has 0 amide bonds. The molecule has 1 atom stereocenters. The van der Waals surface area contributed by atoms with Crippen LogP contribution in [0.3, 0.4) is 0 Å². The van der Waals surface area contributed by atoms with E-state index in [9.17, 15) is 0 Å². The van der Waals surface area contributed by atoms with Crippen LogP contribution in [0.25, 0.3) is 10.2 Å². The molecule has 0 saturated carbocycles. The molecule has 0 spiro atoms. The topological polar surface area (TPSA) is 42.2 Å². The smallest absolute Gasteiger partial charge is 0.106 e. The minimum atomic E-state index is 0.505. The Morgan fingerprint density at radius 1 is 1.37 bits per heavy atom. The summed E-state index contributed by atoms with van der Waals surface area (Å²) in [5.74, 6) is 0. The van der Waals surface area contributed by atoms with Crippen LogP contribution in [0.4, 0.5) is 11.4 Å². The summed E-state index contributed by atoms with van der Waals surface area (Å²) >= 11 is 1.64. The third-order valence-corrected chi connectivity index (χ3v) is 4.50. The van der Waals surface area contributed by atoms with Crippen LogP contribution < -0.4 is 10.6 Å². The van der Waals surface area contributed by atoms with Crippen molar-refractivity contribution >= 4 is 32.9 Å². The molecule has 1 heterocycles. The molecule has 1 aromatic carbocycles. The molecule has 0 saturated heterocycles. The van der Waals surface area contributed by atoms with Gasteiger partial charge in [0.25, 0.3) is 0 Å². The normalized spacial score (nSPS) is 12.8. The number of nitrogen functional groups attached to an aromatic ring is 1. The van der Waals surface area contributed by atoms with Gasteiger partial charge in [-0.15, -0.1) is 11.3 Å². The van der Waals surface area contributed by atoms with Crippen molar-refractivity contribution in [3.63, 3.8) is 0 Å². The van der Waals surface area contributed by atoms with E-state index in [0.29, 0.717) is 6.04 Å². The Hall–Kier alpha value is -1.29. The quantitative estimate of drug-likeness (QED) is 0.801. The molecule has 19 heavy (non-hydrogen) atoms. The number of aromatic nitrogens is 1. The minimum Gasteiger partial charge on any atom is -0.395 e. The summed E-state index contributed by atoms with van der Waals surface area (Å²) < 4.78 is 1.17. The van der Waals surface area contributed by atoms with E-state index in [0.717, 1.165) is 29.9 Å². The van der Waals surface area contributed by atoms with Crippen LogP contribution in [0.5, 0.6) is 0 Å². The van der Waals surface area contributed by atoms with Gasteiger partial charge in [0.2, 0.25) is 0 Å². The molecule has 3 nitrogen and oxygen atoms in total. The van der Waals surface area contributed by atoms with Crippen LogP contribution in [0, 0.1) is 0 Å². The monoisotopic (exact) mass is 277 g/mol. The average Bonchev–Trinajstić information content (AvgIpc) is 2.90. The second-order valence-electron chi connectivity index (χ2n) is 5.00. The molecule has 2 rings (SSSR count). The molecule has 2 aromatic rings. The zero-order valence-corrected chi connectivity index (χ0v) is 12.8. The van der Waals surface area contributed by atoms with Gasteiger partial charge in [-0.05, 0) is 31.9 Å². The molecule has 0 bridgehead atoms. The third kappa shape index (κ3) is 2.84. The second-order valence-corrected chi connectivity index (χ2v) is 5.89. The van der Waals surface area contributed by atoms with Crippen LogP contribution in [-0.4, -0.2) is 17.6 Å². The Kier molecular flexibility index (Phi) is 4.64. The molecular weight excluding hydrogens is 254 g/mol. The van der Waals surface area contributed by atoms with E-state index in [2.05, 4.69) is 42.8 Å². The first kappa shape index (κ1) is 14.1. The van der Waals surface area contributed by atoms with Gasteiger partial charge in [-0.25, -0.2) is 4.98 Å². The van der Waals surface area contributed by atoms with Gasteiger partial charge in [0.1, 0.15) is 5.52 Å². The third-order valence-electron chi connectivity index (χ3n) is 3.70. The van der Waals surface area contributed by atoms with Crippen molar-refractivity contribution < 1.29 is 0 Å². The maximum Gasteiger partial charge on any atom is 0.106 e. The van der Waals surface area contributed by atoms with Crippen molar-refractivity contribution in [2.24, 2.45) is 0 Å². The molecule has 0 aliphatic carbocycles. The highest BCUT2D eigenvalue weighted by Crippen LogP contribution is 2.34. The predicted molar refractivity (Wildman–Crippen MR) is 86.0 cm³/mol. The highest BCUT2D eigenvalue weighted by Gasteiger charge is 2.17. The van der Waals surface area contributed by atoms with Crippen molar-refractivity contribution in [1.82, 2.24) is 4.98 Å². The predicted octanol–water partition coefficient (Wildman–Crippen LogP) is 4.28. The van der Waals surface area contributed by atoms with Gasteiger partial charge >= 0.3 is 0 Å². The molecule has 4 heteroatoms. The van der Waals surface area contributed by atoms with Crippen LogP contribution in [0.15, 0.2) is 17.6 Å². The lowest BCUT2D eigenvalue weighted by Crippen LogP contribution is -2.34. The van der Waals surface area contributed by atoms with Gasteiger partial charge in [-0.1, -0.05) is 20.3 Å². The number of nitrogens with two attached hydrogens (primary N) is 1. The summed E-state index contributed by atoms with van der Waals surface area (Å²) in [5, 5.41) is 0. The SMILES string of the molecule is CCCCN(c1ccc2scnc2c1N)C(C)CC. The van der Waals surface area contributed by atoms with E-state index < -0.39 is 0 Å². The number of anilines is 2. The van der Waals surface area contributed by atoms with Crippen molar-refractivity contribution in [2.75, 3.05) is 17.2 Å². The summed E-state index contributed by atoms with van der Waals surface area (Å²) in [6, 6.07) is 4.79. The van der Waals surface area contributed by atoms with Gasteiger partial charge in [0.15, 0.2) is 0 Å². The fourth-order valence-corrected chi connectivity index (χ4v) is 3.01. The second kappa shape index (κ2) is 6.24. The van der Waals surface area contributed by atoms with E-state index in [1.54, 1.807) is 11.3 Å². The molecule has 0 aliphatic rings. The standard InChI is InChI=1S/C15H23N3S/c1-4-6-9-18(11(3)5-2)12-7-8-13-15(14(12)16)17-10-19-13/h7-8,10-11H,4-6,9,16H2,1-3H3. The first-order chi connectivity index (χ1) is 9.19. The summed E-state index contributed by atoms with van der Waals surface area (Å²) in [5.41, 5.74) is 11.1. The van der Waals surface area contributed by atoms with Gasteiger partial charge < -0.3 is 10.6 Å². The zero-order valence-electron chi connectivity index (χ0n) is 12.0. The van der Waals surface area contributed by atoms with Gasteiger partial charge in [-0.3, -0.25) is 0 Å². The molecule has 1 unspecified atom stereocenters. The number of unbranched alkanes of at least 4 members (excludes halogenated alkanes) is 1. The van der Waals surface area contributed by atoms with Gasteiger partial charge in [0.05, 0.1) is 21.6 Å². The molecular formula is C15H23N3S. The number of fused-ring (bicyclic) bond motifs is 1. The first-order valence-corrected chi connectivity index (χ1v) is 7.95. The first-order valence-electron chi connectivity index (χ1n) is 7.07. The van der Waals surface area contributed by atoms with E-state index in [4.69, 9.17) is 5.73 Å². The number of rotatable bonds is 6. The lowest BCUT2D eigenvalue weighted by molar-refractivity contribution is 0.596. The average molecular weight is 277 g/mol. The Morgan fingerprint density at radius 3 is 2.84 bits per heavy atom. The lowest BCUT2D eigenvalue weighted by Gasteiger charge is -2.31.